The van der Waals surface area contributed by atoms with E-state index in [1.807, 2.05) is 0 Å². The van der Waals surface area contributed by atoms with Gasteiger partial charge < -0.3 is 10.2 Å². The maximum atomic E-state index is 10.8. The summed E-state index contributed by atoms with van der Waals surface area (Å²) < 4.78 is 10.8. The molecule has 0 fully saturated rings. The molecule has 0 spiro atoms. The van der Waals surface area contributed by atoms with Crippen molar-refractivity contribution in [1.29, 1.82) is 0 Å². The van der Waals surface area contributed by atoms with Gasteiger partial charge in [-0.15, -0.1) is 0 Å². The van der Waals surface area contributed by atoms with Crippen LogP contribution in [-0.2, 0) is 14.2 Å². The van der Waals surface area contributed by atoms with Gasteiger partial charge in [0.25, 0.3) is 0 Å². The first-order valence-corrected chi connectivity index (χ1v) is 4.99. The number of rotatable bonds is 7. The van der Waals surface area contributed by atoms with Crippen LogP contribution in [0, 0.1) is 0 Å². The first-order chi connectivity index (χ1) is 6.39. The van der Waals surface area contributed by atoms with Gasteiger partial charge in [-0.3, -0.25) is 14.2 Å². The van der Waals surface area contributed by atoms with Crippen LogP contribution < -0.4 is 0 Å². The molecule has 0 aliphatic heterocycles. The molecule has 0 aromatic heterocycles. The van der Waals surface area contributed by atoms with E-state index in [1.54, 1.807) is 6.92 Å². The second-order valence-corrected chi connectivity index (χ2v) is 4.64. The molecule has 0 radical (unpaired) electrons. The highest BCUT2D eigenvalue weighted by Gasteiger charge is 2.26. The lowest BCUT2D eigenvalue weighted by Gasteiger charge is -2.19. The van der Waals surface area contributed by atoms with Crippen LogP contribution in [0.1, 0.15) is 32.6 Å². The molecule has 0 aliphatic rings. The third-order valence-electron chi connectivity index (χ3n) is 1.98. The van der Waals surface area contributed by atoms with Crippen molar-refractivity contribution in [2.24, 2.45) is 0 Å². The molecule has 5 nitrogen and oxygen atoms in total. The van der Waals surface area contributed by atoms with Crippen molar-refractivity contribution in [1.82, 2.24) is 0 Å². The molecule has 0 saturated carbocycles. The Morgan fingerprint density at radius 1 is 1.14 bits per heavy atom. The van der Waals surface area contributed by atoms with Crippen LogP contribution in [-0.4, -0.2) is 27.3 Å². The SMILES string of the molecule is CC(CCC(=O)O)(CCC(=O)O)P=O. The zero-order valence-corrected chi connectivity index (χ0v) is 8.79. The Morgan fingerprint density at radius 3 is 1.71 bits per heavy atom. The lowest BCUT2D eigenvalue weighted by Crippen LogP contribution is -2.19. The standard InChI is InChI=1S/C8H13O5P/c1-8(14-13,4-2-6(9)10)5-3-7(11)12/h2-5H2,1H3,(H,9,10)(H,11,12). The Bertz CT molecular complexity index is 220. The normalized spacial score (nSPS) is 11.5. The van der Waals surface area contributed by atoms with Crippen LogP contribution in [0.4, 0.5) is 0 Å². The van der Waals surface area contributed by atoms with Gasteiger partial charge in [-0.25, -0.2) is 0 Å². The molecule has 0 unspecified atom stereocenters. The van der Waals surface area contributed by atoms with Gasteiger partial charge >= 0.3 is 11.9 Å². The van der Waals surface area contributed by atoms with Crippen molar-refractivity contribution in [2.75, 3.05) is 0 Å². The van der Waals surface area contributed by atoms with Gasteiger partial charge in [-0.2, -0.15) is 0 Å². The first-order valence-electron chi connectivity index (χ1n) is 4.18. The summed E-state index contributed by atoms with van der Waals surface area (Å²) in [5, 5.41) is 16.1. The van der Waals surface area contributed by atoms with E-state index in [1.165, 1.54) is 0 Å². The fourth-order valence-electron chi connectivity index (χ4n) is 0.969. The van der Waals surface area contributed by atoms with Crippen LogP contribution in [0.3, 0.4) is 0 Å². The van der Waals surface area contributed by atoms with Crippen LogP contribution >= 0.6 is 8.46 Å². The summed E-state index contributed by atoms with van der Waals surface area (Å²) in [4.78, 5) is 20.6. The minimum atomic E-state index is -0.963. The second-order valence-electron chi connectivity index (χ2n) is 3.38. The van der Waals surface area contributed by atoms with Crippen LogP contribution in [0.5, 0.6) is 0 Å². The predicted molar refractivity (Wildman–Crippen MR) is 49.8 cm³/mol. The Balaban J connectivity index is 4.10. The van der Waals surface area contributed by atoms with Crippen molar-refractivity contribution in [3.63, 3.8) is 0 Å². The predicted octanol–water partition coefficient (Wildman–Crippen LogP) is 1.77. The largest absolute Gasteiger partial charge is 0.481 e. The summed E-state index contributed by atoms with van der Waals surface area (Å²) in [5.41, 5.74) is 0. The highest BCUT2D eigenvalue weighted by molar-refractivity contribution is 7.26. The minimum Gasteiger partial charge on any atom is -0.481 e. The summed E-state index contributed by atoms with van der Waals surface area (Å²) in [6, 6.07) is 0. The van der Waals surface area contributed by atoms with Gasteiger partial charge in [-0.05, 0) is 19.8 Å². The van der Waals surface area contributed by atoms with Gasteiger partial charge in [0, 0.05) is 18.0 Å². The molecule has 2 N–H and O–H groups in total. The molecule has 6 heteroatoms. The number of aliphatic carboxylic acids is 2. The number of carboxylic acids is 2. The van der Waals surface area contributed by atoms with Crippen molar-refractivity contribution in [3.8, 4) is 0 Å². The summed E-state index contributed by atoms with van der Waals surface area (Å²) in [6.07, 6.45) is 0.262. The maximum absolute atomic E-state index is 10.8. The molecule has 14 heavy (non-hydrogen) atoms. The fourth-order valence-corrected chi connectivity index (χ4v) is 1.37. The highest BCUT2D eigenvalue weighted by atomic mass is 31.1. The van der Waals surface area contributed by atoms with Crippen molar-refractivity contribution in [2.45, 2.75) is 37.8 Å². The molecule has 0 bridgehead atoms. The van der Waals surface area contributed by atoms with E-state index in [-0.39, 0.29) is 34.1 Å². The Labute approximate surface area is 83.3 Å². The zero-order valence-electron chi connectivity index (χ0n) is 7.89. The monoisotopic (exact) mass is 220 g/mol. The number of carboxylic acid groups (broad SMARTS) is 2. The zero-order chi connectivity index (χ0) is 11.2. The third-order valence-corrected chi connectivity index (χ3v) is 2.86. The van der Waals surface area contributed by atoms with Gasteiger partial charge in [0.1, 0.15) is 0 Å². The third kappa shape index (κ3) is 5.65. The van der Waals surface area contributed by atoms with E-state index in [0.29, 0.717) is 0 Å². The second kappa shape index (κ2) is 5.70. The maximum Gasteiger partial charge on any atom is 0.303 e. The highest BCUT2D eigenvalue weighted by Crippen LogP contribution is 2.32. The first kappa shape index (κ1) is 13.0. The average molecular weight is 220 g/mol. The Morgan fingerprint density at radius 2 is 1.50 bits per heavy atom. The van der Waals surface area contributed by atoms with Crippen molar-refractivity contribution < 1.29 is 24.4 Å². The summed E-state index contributed by atoms with van der Waals surface area (Å²) in [5.74, 6) is -1.93. The molecule has 0 aliphatic carbocycles. The quantitative estimate of drug-likeness (QED) is 0.638. The van der Waals surface area contributed by atoms with Gasteiger partial charge in [0.05, 0.1) is 0 Å². The van der Waals surface area contributed by atoms with E-state index in [2.05, 4.69) is 0 Å². The van der Waals surface area contributed by atoms with Gasteiger partial charge in [0.2, 0.25) is 0 Å². The summed E-state index contributed by atoms with van der Waals surface area (Å²) >= 11 is 0. The molecule has 0 rings (SSSR count). The van der Waals surface area contributed by atoms with Crippen molar-refractivity contribution >= 4 is 20.4 Å². The lowest BCUT2D eigenvalue weighted by atomic mass is 9.98. The molecule has 0 atom stereocenters. The van der Waals surface area contributed by atoms with Crippen LogP contribution in [0.15, 0.2) is 0 Å². The molecule has 0 aromatic rings. The molecule has 0 saturated heterocycles. The lowest BCUT2D eigenvalue weighted by molar-refractivity contribution is -0.137. The fraction of sp³-hybridized carbons (Fsp3) is 0.750. The molecule has 0 heterocycles. The van der Waals surface area contributed by atoms with E-state index in [4.69, 9.17) is 10.2 Å². The Kier molecular flexibility index (Phi) is 5.31. The van der Waals surface area contributed by atoms with Gasteiger partial charge in [0.15, 0.2) is 8.46 Å². The minimum absolute atomic E-state index is 0.0919. The molecule has 0 amide bonds. The van der Waals surface area contributed by atoms with E-state index in [9.17, 15) is 14.2 Å². The number of hydrogen-bond acceptors (Lipinski definition) is 3. The van der Waals surface area contributed by atoms with Crippen LogP contribution in [0.25, 0.3) is 0 Å². The number of carbonyl (C=O) groups is 2. The molecular weight excluding hydrogens is 207 g/mol. The van der Waals surface area contributed by atoms with Gasteiger partial charge in [-0.1, -0.05) is 0 Å². The molecule has 80 valence electrons. The number of hydrogen-bond donors (Lipinski definition) is 2. The summed E-state index contributed by atoms with van der Waals surface area (Å²) in [6.45, 7) is 1.62. The van der Waals surface area contributed by atoms with E-state index < -0.39 is 17.1 Å². The van der Waals surface area contributed by atoms with E-state index in [0.717, 1.165) is 0 Å². The molecule has 0 aromatic carbocycles. The molecular formula is C8H13O5P. The topological polar surface area (TPSA) is 91.7 Å². The van der Waals surface area contributed by atoms with Crippen LogP contribution in [0.2, 0.25) is 0 Å². The van der Waals surface area contributed by atoms with E-state index >= 15 is 0 Å². The van der Waals surface area contributed by atoms with Crippen molar-refractivity contribution in [3.05, 3.63) is 0 Å². The summed E-state index contributed by atoms with van der Waals surface area (Å²) in [7, 11) is -0.198. The smallest absolute Gasteiger partial charge is 0.303 e. The average Bonchev–Trinajstić information content (AvgIpc) is 2.11. The Hall–Kier alpha value is -0.960.